The Kier molecular flexibility index (Phi) is 7.44. The predicted octanol–water partition coefficient (Wildman–Crippen LogP) is 11.8. The number of para-hydroxylation sites is 3. The summed E-state index contributed by atoms with van der Waals surface area (Å²) in [6.07, 6.45) is 1.87. The van der Waals surface area contributed by atoms with Crippen LogP contribution in [0.4, 0.5) is 4.39 Å². The summed E-state index contributed by atoms with van der Waals surface area (Å²) in [5.74, 6) is -0.472. The number of pyridine rings is 2. The molecule has 0 saturated heterocycles. The van der Waals surface area contributed by atoms with E-state index in [0.29, 0.717) is 17.0 Å². The lowest BCUT2D eigenvalue weighted by Crippen LogP contribution is -1.95. The summed E-state index contributed by atoms with van der Waals surface area (Å²) in [6, 6.07) is 55.7. The van der Waals surface area contributed by atoms with Crippen molar-refractivity contribution in [3.8, 4) is 67.5 Å². The van der Waals surface area contributed by atoms with E-state index in [1.54, 1.807) is 0 Å². The molecule has 242 valence electrons. The van der Waals surface area contributed by atoms with Gasteiger partial charge in [-0.05, 0) is 83.4 Å². The zero-order valence-electron chi connectivity index (χ0n) is 27.4. The topological polar surface area (TPSA) is 50.9 Å². The van der Waals surface area contributed by atoms with E-state index in [2.05, 4.69) is 95.6 Å². The maximum Gasteiger partial charge on any atom is 0.125 e. The number of benzene rings is 6. The van der Waals surface area contributed by atoms with E-state index in [1.807, 2.05) is 66.9 Å². The molecule has 9 aromatic rings. The Morgan fingerprint density at radius 1 is 0.471 bits per heavy atom. The van der Waals surface area contributed by atoms with Crippen molar-refractivity contribution < 1.29 is 9.50 Å². The van der Waals surface area contributed by atoms with Crippen LogP contribution in [0.3, 0.4) is 0 Å². The number of phenolic OH excluding ortho intramolecular Hbond substituents is 1. The standard InChI is InChI=1S/C46H30FN3O/c47-35-21-22-45(51)40(29-35)43-28-34(30-11-3-1-4-12-30)27-42(49-43)33-14-9-13-32(25-33)41-26-31(23-24-48-41)37-18-10-19-39-38-17-7-8-20-44(38)50(46(37)39)36-15-5-2-6-16-36/h1-29,51H. The third-order valence-corrected chi connectivity index (χ3v) is 9.40. The fraction of sp³-hybridized carbons (Fsp3) is 0. The second-order valence-electron chi connectivity index (χ2n) is 12.6. The van der Waals surface area contributed by atoms with Crippen LogP contribution in [0.1, 0.15) is 0 Å². The summed E-state index contributed by atoms with van der Waals surface area (Å²) in [7, 11) is 0. The molecule has 3 aromatic heterocycles. The van der Waals surface area contributed by atoms with Crippen LogP contribution in [-0.2, 0) is 0 Å². The second kappa shape index (κ2) is 12.6. The molecule has 0 radical (unpaired) electrons. The lowest BCUT2D eigenvalue weighted by atomic mass is 9.97. The van der Waals surface area contributed by atoms with E-state index in [0.717, 1.165) is 55.8 Å². The Balaban J connectivity index is 1.18. The molecule has 5 heteroatoms. The first-order valence-electron chi connectivity index (χ1n) is 16.8. The highest BCUT2D eigenvalue weighted by atomic mass is 19.1. The van der Waals surface area contributed by atoms with Crippen molar-refractivity contribution in [1.29, 1.82) is 0 Å². The molecule has 3 heterocycles. The van der Waals surface area contributed by atoms with E-state index in [-0.39, 0.29) is 5.75 Å². The zero-order chi connectivity index (χ0) is 34.3. The Hall–Kier alpha value is -6.85. The largest absolute Gasteiger partial charge is 0.507 e. The number of hydrogen-bond donors (Lipinski definition) is 1. The molecule has 0 aliphatic heterocycles. The molecule has 0 fully saturated rings. The summed E-state index contributed by atoms with van der Waals surface area (Å²) in [4.78, 5) is 9.77. The van der Waals surface area contributed by atoms with E-state index in [4.69, 9.17) is 9.97 Å². The lowest BCUT2D eigenvalue weighted by Gasteiger charge is -2.13. The summed E-state index contributed by atoms with van der Waals surface area (Å²) in [6.45, 7) is 0. The SMILES string of the molecule is Oc1ccc(F)cc1-c1cc(-c2ccccc2)cc(-c2cccc(-c3cc(-c4cccc5c6ccccc6n(-c6ccccc6)c45)ccn3)c2)n1. The van der Waals surface area contributed by atoms with Gasteiger partial charge in [-0.1, -0.05) is 103 Å². The fourth-order valence-corrected chi connectivity index (χ4v) is 7.02. The van der Waals surface area contributed by atoms with Gasteiger partial charge in [-0.2, -0.15) is 0 Å². The first-order valence-corrected chi connectivity index (χ1v) is 16.8. The molecule has 1 N–H and O–H groups in total. The van der Waals surface area contributed by atoms with Crippen molar-refractivity contribution in [2.75, 3.05) is 0 Å². The molecular weight excluding hydrogens is 630 g/mol. The first kappa shape index (κ1) is 30.2. The number of phenols is 1. The Morgan fingerprint density at radius 2 is 1.14 bits per heavy atom. The van der Waals surface area contributed by atoms with Gasteiger partial charge in [0.05, 0.1) is 28.1 Å². The van der Waals surface area contributed by atoms with Crippen LogP contribution in [-0.4, -0.2) is 19.6 Å². The lowest BCUT2D eigenvalue weighted by molar-refractivity contribution is 0.475. The van der Waals surface area contributed by atoms with E-state index < -0.39 is 5.82 Å². The van der Waals surface area contributed by atoms with Gasteiger partial charge in [0.25, 0.3) is 0 Å². The van der Waals surface area contributed by atoms with E-state index >= 15 is 0 Å². The summed E-state index contributed by atoms with van der Waals surface area (Å²) in [5, 5.41) is 13.1. The average Bonchev–Trinajstić information content (AvgIpc) is 3.54. The van der Waals surface area contributed by atoms with Gasteiger partial charge in [-0.3, -0.25) is 4.98 Å². The highest BCUT2D eigenvalue weighted by Crippen LogP contribution is 2.39. The molecule has 0 amide bonds. The van der Waals surface area contributed by atoms with Gasteiger partial charge in [0, 0.05) is 44.9 Å². The van der Waals surface area contributed by atoms with Crippen LogP contribution in [0.15, 0.2) is 176 Å². The normalized spacial score (nSPS) is 11.3. The third kappa shape index (κ3) is 5.51. The Morgan fingerprint density at radius 3 is 1.98 bits per heavy atom. The maximum atomic E-state index is 14.4. The molecule has 0 unspecified atom stereocenters. The predicted molar refractivity (Wildman–Crippen MR) is 205 cm³/mol. The number of hydrogen-bond acceptors (Lipinski definition) is 3. The third-order valence-electron chi connectivity index (χ3n) is 9.40. The molecule has 0 saturated carbocycles. The van der Waals surface area contributed by atoms with Crippen molar-refractivity contribution >= 4 is 21.8 Å². The minimum absolute atomic E-state index is 0.0313. The van der Waals surface area contributed by atoms with Gasteiger partial charge in [-0.25, -0.2) is 9.37 Å². The molecule has 9 rings (SSSR count). The molecule has 0 atom stereocenters. The summed E-state index contributed by atoms with van der Waals surface area (Å²) < 4.78 is 16.7. The van der Waals surface area contributed by atoms with Gasteiger partial charge >= 0.3 is 0 Å². The quantitative estimate of drug-likeness (QED) is 0.193. The summed E-state index contributed by atoms with van der Waals surface area (Å²) in [5.41, 5.74) is 11.6. The van der Waals surface area contributed by atoms with E-state index in [9.17, 15) is 9.50 Å². The highest BCUT2D eigenvalue weighted by Gasteiger charge is 2.17. The number of aromatic hydroxyl groups is 1. The van der Waals surface area contributed by atoms with Crippen molar-refractivity contribution in [3.63, 3.8) is 0 Å². The van der Waals surface area contributed by atoms with Crippen LogP contribution in [0.5, 0.6) is 5.75 Å². The van der Waals surface area contributed by atoms with Gasteiger partial charge in [-0.15, -0.1) is 0 Å². The minimum Gasteiger partial charge on any atom is -0.507 e. The molecular formula is C46H30FN3O. The van der Waals surface area contributed by atoms with Crippen LogP contribution < -0.4 is 0 Å². The van der Waals surface area contributed by atoms with Crippen molar-refractivity contribution in [3.05, 3.63) is 182 Å². The second-order valence-corrected chi connectivity index (χ2v) is 12.6. The molecule has 0 aliphatic carbocycles. The molecule has 0 spiro atoms. The first-order chi connectivity index (χ1) is 25.1. The Bertz CT molecular complexity index is 2720. The number of nitrogens with zero attached hydrogens (tertiary/aromatic N) is 3. The molecule has 6 aromatic carbocycles. The van der Waals surface area contributed by atoms with Crippen LogP contribution >= 0.6 is 0 Å². The number of fused-ring (bicyclic) bond motifs is 3. The molecule has 4 nitrogen and oxygen atoms in total. The smallest absolute Gasteiger partial charge is 0.125 e. The molecule has 0 aliphatic rings. The van der Waals surface area contributed by atoms with Gasteiger partial charge in [0.2, 0.25) is 0 Å². The maximum absolute atomic E-state index is 14.4. The van der Waals surface area contributed by atoms with Crippen LogP contribution in [0.25, 0.3) is 83.5 Å². The highest BCUT2D eigenvalue weighted by molar-refractivity contribution is 6.13. The van der Waals surface area contributed by atoms with Gasteiger partial charge in [0.15, 0.2) is 0 Å². The summed E-state index contributed by atoms with van der Waals surface area (Å²) >= 11 is 0. The number of aromatic nitrogens is 3. The van der Waals surface area contributed by atoms with Gasteiger partial charge in [0.1, 0.15) is 11.6 Å². The number of rotatable bonds is 6. The zero-order valence-corrected chi connectivity index (χ0v) is 27.4. The monoisotopic (exact) mass is 659 g/mol. The van der Waals surface area contributed by atoms with Crippen molar-refractivity contribution in [2.24, 2.45) is 0 Å². The number of halogens is 1. The van der Waals surface area contributed by atoms with E-state index in [1.165, 1.54) is 29.0 Å². The van der Waals surface area contributed by atoms with Gasteiger partial charge < -0.3 is 9.67 Å². The fourth-order valence-electron chi connectivity index (χ4n) is 7.02. The average molecular weight is 660 g/mol. The van der Waals surface area contributed by atoms with Crippen LogP contribution in [0.2, 0.25) is 0 Å². The van der Waals surface area contributed by atoms with Crippen molar-refractivity contribution in [1.82, 2.24) is 14.5 Å². The Labute approximate surface area is 294 Å². The van der Waals surface area contributed by atoms with Crippen LogP contribution in [0, 0.1) is 5.82 Å². The van der Waals surface area contributed by atoms with Crippen molar-refractivity contribution in [2.45, 2.75) is 0 Å². The minimum atomic E-state index is -0.441. The molecule has 0 bridgehead atoms. The molecule has 51 heavy (non-hydrogen) atoms.